The molecule has 1 aliphatic heterocycles. The largest absolute Gasteiger partial charge is 0.322 e. The van der Waals surface area contributed by atoms with Gasteiger partial charge in [-0.3, -0.25) is 9.69 Å². The van der Waals surface area contributed by atoms with Crippen LogP contribution in [0.15, 0.2) is 42.5 Å². The van der Waals surface area contributed by atoms with E-state index in [1.54, 1.807) is 0 Å². The molecule has 1 N–H and O–H groups in total. The van der Waals surface area contributed by atoms with Crippen molar-refractivity contribution < 1.29 is 4.79 Å². The lowest BCUT2D eigenvalue weighted by molar-refractivity contribution is 0.102. The van der Waals surface area contributed by atoms with E-state index in [9.17, 15) is 4.79 Å². The molecule has 0 aromatic heterocycles. The normalized spacial score (nSPS) is 18.1. The molecule has 1 atom stereocenters. The van der Waals surface area contributed by atoms with E-state index in [-0.39, 0.29) is 5.91 Å². The summed E-state index contributed by atoms with van der Waals surface area (Å²) in [5.74, 6) is 0.736. The van der Waals surface area contributed by atoms with Crippen LogP contribution in [-0.2, 0) is 6.54 Å². The molecule has 132 valence electrons. The molecule has 1 saturated heterocycles. The lowest BCUT2D eigenvalue weighted by Crippen LogP contribution is -2.33. The van der Waals surface area contributed by atoms with Gasteiger partial charge in [-0.05, 0) is 80.1 Å². The average molecular weight is 336 g/mol. The monoisotopic (exact) mass is 336 g/mol. The zero-order valence-corrected chi connectivity index (χ0v) is 15.5. The molecule has 0 saturated carbocycles. The van der Waals surface area contributed by atoms with Crippen LogP contribution in [0.1, 0.15) is 46.8 Å². The van der Waals surface area contributed by atoms with Crippen molar-refractivity contribution in [2.75, 3.05) is 18.4 Å². The molecule has 2 aromatic rings. The number of amides is 1. The number of benzene rings is 2. The smallest absolute Gasteiger partial charge is 0.255 e. The van der Waals surface area contributed by atoms with Crippen molar-refractivity contribution in [3.8, 4) is 0 Å². The number of hydrogen-bond acceptors (Lipinski definition) is 2. The number of rotatable bonds is 4. The standard InChI is InChI=1S/C22H28N2O/c1-16-5-4-10-24(14-16)15-19-6-8-20(9-7-19)22(25)23-21-12-17(2)11-18(3)13-21/h6-9,11-13,16H,4-5,10,14-15H2,1-3H3,(H,23,25). The third-order valence-electron chi connectivity index (χ3n) is 4.84. The highest BCUT2D eigenvalue weighted by Gasteiger charge is 2.16. The number of carbonyl (C=O) groups is 1. The Morgan fingerprint density at radius 3 is 2.44 bits per heavy atom. The Kier molecular flexibility index (Phi) is 5.54. The Labute approximate surface area is 151 Å². The fraction of sp³-hybridized carbons (Fsp3) is 0.409. The second-order valence-electron chi connectivity index (χ2n) is 7.51. The molecule has 1 aliphatic rings. The molecule has 0 radical (unpaired) electrons. The van der Waals surface area contributed by atoms with Crippen LogP contribution in [0.2, 0.25) is 0 Å². The summed E-state index contributed by atoms with van der Waals surface area (Å²) in [4.78, 5) is 15.0. The van der Waals surface area contributed by atoms with Crippen LogP contribution < -0.4 is 5.32 Å². The number of anilines is 1. The Morgan fingerprint density at radius 2 is 1.80 bits per heavy atom. The Hall–Kier alpha value is -2.13. The molecule has 1 amide bonds. The number of aryl methyl sites for hydroxylation is 2. The predicted molar refractivity (Wildman–Crippen MR) is 104 cm³/mol. The molecule has 3 rings (SSSR count). The fourth-order valence-electron chi connectivity index (χ4n) is 3.70. The van der Waals surface area contributed by atoms with Gasteiger partial charge in [0.15, 0.2) is 0 Å². The highest BCUT2D eigenvalue weighted by atomic mass is 16.1. The van der Waals surface area contributed by atoms with E-state index in [2.05, 4.69) is 35.3 Å². The number of likely N-dealkylation sites (tertiary alicyclic amines) is 1. The molecule has 0 aliphatic carbocycles. The Bertz CT molecular complexity index is 716. The third kappa shape index (κ3) is 4.93. The average Bonchev–Trinajstić information content (AvgIpc) is 2.54. The van der Waals surface area contributed by atoms with Crippen molar-refractivity contribution in [3.63, 3.8) is 0 Å². The number of nitrogens with one attached hydrogen (secondary N) is 1. The molecule has 0 spiro atoms. The second kappa shape index (κ2) is 7.83. The second-order valence-corrected chi connectivity index (χ2v) is 7.51. The summed E-state index contributed by atoms with van der Waals surface area (Å²) in [6.45, 7) is 9.74. The van der Waals surface area contributed by atoms with Crippen LogP contribution in [0, 0.1) is 19.8 Å². The van der Waals surface area contributed by atoms with Gasteiger partial charge in [0, 0.05) is 24.3 Å². The van der Waals surface area contributed by atoms with Gasteiger partial charge in [-0.15, -0.1) is 0 Å². The molecule has 3 nitrogen and oxygen atoms in total. The first-order chi connectivity index (χ1) is 12.0. The van der Waals surface area contributed by atoms with E-state index < -0.39 is 0 Å². The SMILES string of the molecule is Cc1cc(C)cc(NC(=O)c2ccc(CN3CCCC(C)C3)cc2)c1. The van der Waals surface area contributed by atoms with E-state index in [1.807, 2.05) is 38.1 Å². The lowest BCUT2D eigenvalue weighted by atomic mass is 9.99. The molecule has 2 aromatic carbocycles. The minimum Gasteiger partial charge on any atom is -0.322 e. The summed E-state index contributed by atoms with van der Waals surface area (Å²) in [5, 5.41) is 3.00. The van der Waals surface area contributed by atoms with E-state index in [0.29, 0.717) is 5.56 Å². The molecule has 25 heavy (non-hydrogen) atoms. The van der Waals surface area contributed by atoms with Crippen molar-refractivity contribution in [1.29, 1.82) is 0 Å². The van der Waals surface area contributed by atoms with Gasteiger partial charge in [-0.2, -0.15) is 0 Å². The van der Waals surface area contributed by atoms with E-state index in [0.717, 1.165) is 29.3 Å². The maximum absolute atomic E-state index is 12.5. The zero-order chi connectivity index (χ0) is 17.8. The Balaban J connectivity index is 1.62. The minimum absolute atomic E-state index is 0.0526. The van der Waals surface area contributed by atoms with E-state index >= 15 is 0 Å². The summed E-state index contributed by atoms with van der Waals surface area (Å²) in [7, 11) is 0. The van der Waals surface area contributed by atoms with Crippen molar-refractivity contribution >= 4 is 11.6 Å². The number of piperidine rings is 1. The molecular formula is C22H28N2O. The van der Waals surface area contributed by atoms with Crippen molar-refractivity contribution in [2.24, 2.45) is 5.92 Å². The van der Waals surface area contributed by atoms with Crippen LogP contribution in [-0.4, -0.2) is 23.9 Å². The van der Waals surface area contributed by atoms with Gasteiger partial charge in [0.25, 0.3) is 5.91 Å². The maximum atomic E-state index is 12.5. The van der Waals surface area contributed by atoms with Gasteiger partial charge in [0.2, 0.25) is 0 Å². The highest BCUT2D eigenvalue weighted by Crippen LogP contribution is 2.19. The number of nitrogens with zero attached hydrogens (tertiary/aromatic N) is 1. The van der Waals surface area contributed by atoms with Gasteiger partial charge in [-0.25, -0.2) is 0 Å². The van der Waals surface area contributed by atoms with Crippen LogP contribution in [0.5, 0.6) is 0 Å². The number of carbonyl (C=O) groups excluding carboxylic acids is 1. The highest BCUT2D eigenvalue weighted by molar-refractivity contribution is 6.04. The third-order valence-corrected chi connectivity index (χ3v) is 4.84. The molecule has 1 fully saturated rings. The van der Waals surface area contributed by atoms with E-state index in [4.69, 9.17) is 0 Å². The molecule has 1 unspecified atom stereocenters. The quantitative estimate of drug-likeness (QED) is 0.871. The first-order valence-corrected chi connectivity index (χ1v) is 9.20. The van der Waals surface area contributed by atoms with Gasteiger partial charge in [0.05, 0.1) is 0 Å². The first kappa shape index (κ1) is 17.7. The summed E-state index contributed by atoms with van der Waals surface area (Å²) in [5.41, 5.74) is 5.14. The van der Waals surface area contributed by atoms with Crippen molar-refractivity contribution in [1.82, 2.24) is 4.90 Å². The van der Waals surface area contributed by atoms with Gasteiger partial charge in [-0.1, -0.05) is 25.1 Å². The summed E-state index contributed by atoms with van der Waals surface area (Å²) < 4.78 is 0. The number of hydrogen-bond donors (Lipinski definition) is 1. The Morgan fingerprint density at radius 1 is 1.12 bits per heavy atom. The van der Waals surface area contributed by atoms with Crippen molar-refractivity contribution in [3.05, 3.63) is 64.7 Å². The summed E-state index contributed by atoms with van der Waals surface area (Å²) >= 11 is 0. The fourth-order valence-corrected chi connectivity index (χ4v) is 3.70. The molecular weight excluding hydrogens is 308 g/mol. The minimum atomic E-state index is -0.0526. The van der Waals surface area contributed by atoms with Crippen LogP contribution >= 0.6 is 0 Å². The zero-order valence-electron chi connectivity index (χ0n) is 15.5. The lowest BCUT2D eigenvalue weighted by Gasteiger charge is -2.30. The first-order valence-electron chi connectivity index (χ1n) is 9.20. The van der Waals surface area contributed by atoms with E-state index in [1.165, 1.54) is 31.5 Å². The van der Waals surface area contributed by atoms with Crippen LogP contribution in [0.3, 0.4) is 0 Å². The predicted octanol–water partition coefficient (Wildman–Crippen LogP) is 4.79. The maximum Gasteiger partial charge on any atom is 0.255 e. The topological polar surface area (TPSA) is 32.3 Å². The molecule has 1 heterocycles. The van der Waals surface area contributed by atoms with Gasteiger partial charge >= 0.3 is 0 Å². The van der Waals surface area contributed by atoms with Crippen molar-refractivity contribution in [2.45, 2.75) is 40.2 Å². The summed E-state index contributed by atoms with van der Waals surface area (Å²) in [6.07, 6.45) is 2.63. The van der Waals surface area contributed by atoms with Gasteiger partial charge in [0.1, 0.15) is 0 Å². The summed E-state index contributed by atoms with van der Waals surface area (Å²) in [6, 6.07) is 14.1. The van der Waals surface area contributed by atoms with Crippen LogP contribution in [0.4, 0.5) is 5.69 Å². The molecule has 0 bridgehead atoms. The van der Waals surface area contributed by atoms with Gasteiger partial charge < -0.3 is 5.32 Å². The molecule has 3 heteroatoms. The van der Waals surface area contributed by atoms with Crippen LogP contribution in [0.25, 0.3) is 0 Å².